The fourth-order valence-corrected chi connectivity index (χ4v) is 4.86. The first-order valence-corrected chi connectivity index (χ1v) is 13.7. The predicted molar refractivity (Wildman–Crippen MR) is 140 cm³/mol. The zero-order valence-corrected chi connectivity index (χ0v) is 22.6. The molecule has 0 saturated carbocycles. The number of rotatable bonds is 12. The maximum Gasteiger partial charge on any atom is 0.244 e. The van der Waals surface area contributed by atoms with Crippen LogP contribution in [0.25, 0.3) is 0 Å². The number of nitrogens with one attached hydrogen (secondary N) is 1. The molecule has 1 atom stereocenters. The normalized spacial score (nSPS) is 12.1. The van der Waals surface area contributed by atoms with Crippen LogP contribution in [0, 0.1) is 0 Å². The number of nitrogens with zero attached hydrogens (tertiary/aromatic N) is 2. The maximum absolute atomic E-state index is 13.6. The minimum absolute atomic E-state index is 0.106. The van der Waals surface area contributed by atoms with Crippen LogP contribution in [0.15, 0.2) is 42.5 Å². The smallest absolute Gasteiger partial charge is 0.244 e. The standard InChI is InChI=1S/C24H31Cl2N3O5S/c1-5-11-27-24(31)22(6-2)28(15-17-7-9-21(34-3)10-8-17)23(30)16-29(35(4,32)33)20-13-18(25)12-19(26)14-20/h7-10,12-14,22H,5-6,11,15-16H2,1-4H3,(H,27,31). The molecule has 0 spiro atoms. The Bertz CT molecular complexity index is 1110. The van der Waals surface area contributed by atoms with Gasteiger partial charge in [-0.15, -0.1) is 0 Å². The van der Waals surface area contributed by atoms with Gasteiger partial charge in [-0.3, -0.25) is 13.9 Å². The van der Waals surface area contributed by atoms with E-state index in [2.05, 4.69) is 5.32 Å². The molecule has 35 heavy (non-hydrogen) atoms. The third-order valence-corrected chi connectivity index (χ3v) is 6.84. The average Bonchev–Trinajstić information content (AvgIpc) is 2.79. The molecule has 0 bridgehead atoms. The lowest BCUT2D eigenvalue weighted by atomic mass is 10.1. The van der Waals surface area contributed by atoms with Crippen LogP contribution < -0.4 is 14.4 Å². The molecule has 0 aliphatic carbocycles. The molecule has 0 heterocycles. The molecule has 2 amide bonds. The summed E-state index contributed by atoms with van der Waals surface area (Å²) < 4.78 is 31.4. The lowest BCUT2D eigenvalue weighted by Crippen LogP contribution is -2.52. The lowest BCUT2D eigenvalue weighted by molar-refractivity contribution is -0.140. The Kier molecular flexibility index (Phi) is 10.7. The van der Waals surface area contributed by atoms with Crippen molar-refractivity contribution in [3.63, 3.8) is 0 Å². The van der Waals surface area contributed by atoms with Crippen LogP contribution in [0.1, 0.15) is 32.3 Å². The van der Waals surface area contributed by atoms with E-state index in [-0.39, 0.29) is 28.2 Å². The maximum atomic E-state index is 13.6. The van der Waals surface area contributed by atoms with E-state index < -0.39 is 28.5 Å². The molecule has 0 aliphatic heterocycles. The van der Waals surface area contributed by atoms with Gasteiger partial charge in [0.05, 0.1) is 19.1 Å². The molecule has 11 heteroatoms. The van der Waals surface area contributed by atoms with Crippen LogP contribution in [0.3, 0.4) is 0 Å². The number of carbonyl (C=O) groups excluding carboxylic acids is 2. The van der Waals surface area contributed by atoms with Crippen molar-refractivity contribution in [3.05, 3.63) is 58.1 Å². The average molecular weight is 545 g/mol. The van der Waals surface area contributed by atoms with Crippen LogP contribution in [0.5, 0.6) is 5.75 Å². The number of sulfonamides is 1. The van der Waals surface area contributed by atoms with Crippen molar-refractivity contribution in [1.82, 2.24) is 10.2 Å². The Hall–Kier alpha value is -2.49. The number of anilines is 1. The molecule has 0 aromatic heterocycles. The van der Waals surface area contributed by atoms with E-state index in [0.717, 1.165) is 22.5 Å². The zero-order chi connectivity index (χ0) is 26.2. The topological polar surface area (TPSA) is 96.0 Å². The minimum Gasteiger partial charge on any atom is -0.497 e. The number of carbonyl (C=O) groups is 2. The van der Waals surface area contributed by atoms with Crippen molar-refractivity contribution in [2.24, 2.45) is 0 Å². The quantitative estimate of drug-likeness (QED) is 0.434. The Morgan fingerprint density at radius 3 is 2.14 bits per heavy atom. The summed E-state index contributed by atoms with van der Waals surface area (Å²) in [6.45, 7) is 3.78. The first-order valence-electron chi connectivity index (χ1n) is 11.1. The SMILES string of the molecule is CCCNC(=O)C(CC)N(Cc1ccc(OC)cc1)C(=O)CN(c1cc(Cl)cc(Cl)c1)S(C)(=O)=O. The summed E-state index contributed by atoms with van der Waals surface area (Å²) in [6.07, 6.45) is 2.08. The number of ether oxygens (including phenoxy) is 1. The molecule has 2 rings (SSSR count). The Balaban J connectivity index is 2.44. The van der Waals surface area contributed by atoms with Gasteiger partial charge in [0.2, 0.25) is 21.8 Å². The molecule has 0 aliphatic rings. The molecule has 192 valence electrons. The lowest BCUT2D eigenvalue weighted by Gasteiger charge is -2.33. The highest BCUT2D eigenvalue weighted by molar-refractivity contribution is 7.92. The predicted octanol–water partition coefficient (Wildman–Crippen LogP) is 4.10. The molecule has 1 unspecified atom stereocenters. The van der Waals surface area contributed by atoms with Gasteiger partial charge in [0.15, 0.2) is 0 Å². The van der Waals surface area contributed by atoms with Crippen molar-refractivity contribution >= 4 is 50.7 Å². The molecule has 1 N–H and O–H groups in total. The highest BCUT2D eigenvalue weighted by Crippen LogP contribution is 2.27. The van der Waals surface area contributed by atoms with Gasteiger partial charge in [0.25, 0.3) is 0 Å². The molecule has 2 aromatic carbocycles. The number of benzene rings is 2. The second-order valence-corrected chi connectivity index (χ2v) is 10.8. The third kappa shape index (κ3) is 8.30. The molecular formula is C24H31Cl2N3O5S. The Morgan fingerprint density at radius 1 is 1.06 bits per heavy atom. The van der Waals surface area contributed by atoms with E-state index in [9.17, 15) is 18.0 Å². The minimum atomic E-state index is -3.88. The van der Waals surface area contributed by atoms with Crippen molar-refractivity contribution < 1.29 is 22.7 Å². The van der Waals surface area contributed by atoms with Crippen LogP contribution in [-0.4, -0.2) is 57.6 Å². The second-order valence-electron chi connectivity index (χ2n) is 7.98. The summed E-state index contributed by atoms with van der Waals surface area (Å²) >= 11 is 12.1. The first kappa shape index (κ1) is 28.7. The van der Waals surface area contributed by atoms with Crippen molar-refractivity contribution in [1.29, 1.82) is 0 Å². The highest BCUT2D eigenvalue weighted by Gasteiger charge is 2.31. The third-order valence-electron chi connectivity index (χ3n) is 5.26. The number of hydrogen-bond donors (Lipinski definition) is 1. The van der Waals surface area contributed by atoms with Crippen LogP contribution in [0.2, 0.25) is 10.0 Å². The molecular weight excluding hydrogens is 513 g/mol. The van der Waals surface area contributed by atoms with Gasteiger partial charge in [-0.2, -0.15) is 0 Å². The molecule has 0 fully saturated rings. The number of hydrogen-bond acceptors (Lipinski definition) is 5. The number of methoxy groups -OCH3 is 1. The van der Waals surface area contributed by atoms with Crippen LogP contribution in [0.4, 0.5) is 5.69 Å². The number of amides is 2. The van der Waals surface area contributed by atoms with Gasteiger partial charge in [-0.05, 0) is 48.7 Å². The molecule has 0 radical (unpaired) electrons. The largest absolute Gasteiger partial charge is 0.497 e. The monoisotopic (exact) mass is 543 g/mol. The summed E-state index contributed by atoms with van der Waals surface area (Å²) in [5.41, 5.74) is 0.920. The van der Waals surface area contributed by atoms with Gasteiger partial charge in [0.1, 0.15) is 18.3 Å². The van der Waals surface area contributed by atoms with E-state index in [1.165, 1.54) is 23.1 Å². The first-order chi connectivity index (χ1) is 16.5. The summed E-state index contributed by atoms with van der Waals surface area (Å²) in [5, 5.41) is 3.29. The molecule has 8 nitrogen and oxygen atoms in total. The van der Waals surface area contributed by atoms with Gasteiger partial charge in [-0.25, -0.2) is 8.42 Å². The summed E-state index contributed by atoms with van der Waals surface area (Å²) in [7, 11) is -2.32. The zero-order valence-electron chi connectivity index (χ0n) is 20.3. The van der Waals surface area contributed by atoms with Crippen LogP contribution in [-0.2, 0) is 26.2 Å². The molecule has 0 saturated heterocycles. The van der Waals surface area contributed by atoms with E-state index in [0.29, 0.717) is 18.7 Å². The van der Waals surface area contributed by atoms with Crippen molar-refractivity contribution in [3.8, 4) is 5.75 Å². The molecule has 2 aromatic rings. The van der Waals surface area contributed by atoms with Crippen molar-refractivity contribution in [2.75, 3.05) is 30.8 Å². The van der Waals surface area contributed by atoms with Gasteiger partial charge >= 0.3 is 0 Å². The van der Waals surface area contributed by atoms with E-state index in [4.69, 9.17) is 27.9 Å². The van der Waals surface area contributed by atoms with Crippen LogP contribution >= 0.6 is 23.2 Å². The van der Waals surface area contributed by atoms with Crippen molar-refractivity contribution in [2.45, 2.75) is 39.3 Å². The second kappa shape index (κ2) is 13.0. The Labute approximate surface area is 217 Å². The fourth-order valence-electron chi connectivity index (χ4n) is 3.51. The summed E-state index contributed by atoms with van der Waals surface area (Å²) in [4.78, 5) is 27.9. The van der Waals surface area contributed by atoms with Gasteiger partial charge in [-0.1, -0.05) is 49.2 Å². The highest BCUT2D eigenvalue weighted by atomic mass is 35.5. The summed E-state index contributed by atoms with van der Waals surface area (Å²) in [6, 6.07) is 10.6. The fraction of sp³-hybridized carbons (Fsp3) is 0.417. The number of halogens is 2. The van der Waals surface area contributed by atoms with E-state index in [1.54, 1.807) is 38.3 Å². The summed E-state index contributed by atoms with van der Waals surface area (Å²) in [5.74, 6) is -0.186. The Morgan fingerprint density at radius 2 is 1.66 bits per heavy atom. The van der Waals surface area contributed by atoms with Gasteiger partial charge in [0, 0.05) is 23.1 Å². The van der Waals surface area contributed by atoms with E-state index >= 15 is 0 Å². The van der Waals surface area contributed by atoms with Gasteiger partial charge < -0.3 is 15.0 Å². The van der Waals surface area contributed by atoms with E-state index in [1.807, 2.05) is 6.92 Å².